The molecule has 5 heterocycles. The van der Waals surface area contributed by atoms with Gasteiger partial charge in [-0.3, -0.25) is 9.47 Å². The largest absolute Gasteiger partial charge is 0.406 e. The second-order valence-electron chi connectivity index (χ2n) is 8.33. The maximum absolute atomic E-state index is 13.7. The zero-order valence-corrected chi connectivity index (χ0v) is 18.8. The molecule has 12 nitrogen and oxygen atoms in total. The first-order valence-electron chi connectivity index (χ1n) is 11.2. The number of nitrogens with zero attached hydrogens (tertiary/aromatic N) is 9. The van der Waals surface area contributed by atoms with Crippen LogP contribution in [0.2, 0.25) is 0 Å². The van der Waals surface area contributed by atoms with Gasteiger partial charge in [0.05, 0.1) is 25.5 Å². The SMILES string of the molecule is Nc1ncc(-c2nc(N3CCOCC3)c3nc(N4CCN(CO)CC4)n(CC(F)(F)F)c3n2)cn1. The summed E-state index contributed by atoms with van der Waals surface area (Å²) in [6, 6.07) is 0. The van der Waals surface area contributed by atoms with Gasteiger partial charge in [0.15, 0.2) is 22.8 Å². The van der Waals surface area contributed by atoms with Crippen molar-refractivity contribution in [2.45, 2.75) is 12.7 Å². The Morgan fingerprint density at radius 1 is 0.943 bits per heavy atom. The zero-order valence-electron chi connectivity index (χ0n) is 18.8. The minimum absolute atomic E-state index is 0.0645. The number of nitrogens with two attached hydrogens (primary N) is 1. The number of alkyl halides is 3. The third kappa shape index (κ3) is 4.92. The highest BCUT2D eigenvalue weighted by molar-refractivity contribution is 5.88. The molecule has 0 radical (unpaired) electrons. The van der Waals surface area contributed by atoms with Crippen LogP contribution in [0.15, 0.2) is 12.4 Å². The van der Waals surface area contributed by atoms with Crippen molar-refractivity contribution in [3.63, 3.8) is 0 Å². The predicted octanol–water partition coefficient (Wildman–Crippen LogP) is 0.336. The molecular weight excluding hydrogens is 469 g/mol. The Kier molecular flexibility index (Phi) is 6.29. The van der Waals surface area contributed by atoms with Crippen molar-refractivity contribution in [2.75, 3.05) is 74.7 Å². The molecule has 3 aromatic heterocycles. The van der Waals surface area contributed by atoms with E-state index in [1.54, 1.807) is 4.90 Å². The predicted molar refractivity (Wildman–Crippen MR) is 121 cm³/mol. The Balaban J connectivity index is 1.68. The summed E-state index contributed by atoms with van der Waals surface area (Å²) in [7, 11) is 0. The van der Waals surface area contributed by atoms with Gasteiger partial charge >= 0.3 is 6.18 Å². The summed E-state index contributed by atoms with van der Waals surface area (Å²) in [5.74, 6) is 0.847. The standard InChI is InChI=1S/C20H25F3N10O2/c21-20(22,23)11-33-17-14(27-19(33)32-3-1-30(12-34)2-4-32)16(31-5-7-35-8-6-31)28-15(29-17)13-9-25-18(24)26-10-13/h9-10,34H,1-8,11-12H2,(H2,24,25,26). The van der Waals surface area contributed by atoms with E-state index in [1.165, 1.54) is 12.4 Å². The number of aliphatic hydroxyl groups is 1. The summed E-state index contributed by atoms with van der Waals surface area (Å²) in [5, 5.41) is 9.39. The number of aliphatic hydroxyl groups excluding tert-OH is 1. The molecule has 0 spiro atoms. The van der Waals surface area contributed by atoms with Gasteiger partial charge in [-0.05, 0) is 0 Å². The van der Waals surface area contributed by atoms with E-state index in [-0.39, 0.29) is 35.6 Å². The number of hydrogen-bond donors (Lipinski definition) is 2. The molecule has 0 bridgehead atoms. The molecule has 0 saturated carbocycles. The summed E-state index contributed by atoms with van der Waals surface area (Å²) >= 11 is 0. The average molecular weight is 494 g/mol. The van der Waals surface area contributed by atoms with Gasteiger partial charge in [-0.2, -0.15) is 13.2 Å². The highest BCUT2D eigenvalue weighted by Gasteiger charge is 2.34. The molecular formula is C20H25F3N10O2. The van der Waals surface area contributed by atoms with E-state index < -0.39 is 12.7 Å². The van der Waals surface area contributed by atoms with Crippen LogP contribution < -0.4 is 15.5 Å². The fraction of sp³-hybridized carbons (Fsp3) is 0.550. The molecule has 2 aliphatic heterocycles. The van der Waals surface area contributed by atoms with Crippen LogP contribution in [0.4, 0.5) is 30.9 Å². The lowest BCUT2D eigenvalue weighted by molar-refractivity contribution is -0.139. The van der Waals surface area contributed by atoms with Gasteiger partial charge in [0, 0.05) is 51.7 Å². The van der Waals surface area contributed by atoms with Gasteiger partial charge in [-0.25, -0.2) is 24.9 Å². The number of imidazole rings is 1. The Morgan fingerprint density at radius 3 is 2.26 bits per heavy atom. The molecule has 0 aliphatic carbocycles. The lowest BCUT2D eigenvalue weighted by Crippen LogP contribution is -2.47. The number of piperazine rings is 1. The van der Waals surface area contributed by atoms with E-state index in [4.69, 9.17) is 10.5 Å². The number of halogens is 3. The van der Waals surface area contributed by atoms with Crippen molar-refractivity contribution < 1.29 is 23.0 Å². The molecule has 0 amide bonds. The maximum Gasteiger partial charge on any atom is 0.406 e. The molecule has 2 saturated heterocycles. The minimum atomic E-state index is -4.50. The normalized spacial score (nSPS) is 17.9. The number of nitrogen functional groups attached to an aromatic ring is 1. The highest BCUT2D eigenvalue weighted by Crippen LogP contribution is 2.33. The molecule has 2 aliphatic rings. The number of morpholine rings is 1. The van der Waals surface area contributed by atoms with Crippen LogP contribution in [0.1, 0.15) is 0 Å². The van der Waals surface area contributed by atoms with Crippen LogP contribution >= 0.6 is 0 Å². The Hall–Kier alpha value is -3.30. The second-order valence-corrected chi connectivity index (χ2v) is 8.33. The molecule has 15 heteroatoms. The van der Waals surface area contributed by atoms with Gasteiger partial charge in [0.25, 0.3) is 0 Å². The lowest BCUT2D eigenvalue weighted by atomic mass is 10.3. The first-order valence-corrected chi connectivity index (χ1v) is 11.2. The van der Waals surface area contributed by atoms with Crippen molar-refractivity contribution in [3.05, 3.63) is 12.4 Å². The molecule has 35 heavy (non-hydrogen) atoms. The first kappa shape index (κ1) is 23.4. The monoisotopic (exact) mass is 494 g/mol. The van der Waals surface area contributed by atoms with Crippen LogP contribution in [-0.4, -0.2) is 105 Å². The van der Waals surface area contributed by atoms with Crippen molar-refractivity contribution in [1.29, 1.82) is 0 Å². The van der Waals surface area contributed by atoms with Crippen LogP contribution in [0.5, 0.6) is 0 Å². The summed E-state index contributed by atoms with van der Waals surface area (Å²) in [6.07, 6.45) is -1.62. The molecule has 188 valence electrons. The van der Waals surface area contributed by atoms with E-state index in [2.05, 4.69) is 24.9 Å². The fourth-order valence-corrected chi connectivity index (χ4v) is 4.21. The third-order valence-electron chi connectivity index (χ3n) is 5.99. The molecule has 0 atom stereocenters. The van der Waals surface area contributed by atoms with Crippen LogP contribution in [-0.2, 0) is 11.3 Å². The highest BCUT2D eigenvalue weighted by atomic mass is 19.4. The molecule has 0 unspecified atom stereocenters. The zero-order chi connectivity index (χ0) is 24.6. The van der Waals surface area contributed by atoms with Crippen molar-refractivity contribution in [2.24, 2.45) is 0 Å². The fourth-order valence-electron chi connectivity index (χ4n) is 4.21. The molecule has 0 aromatic carbocycles. The molecule has 3 aromatic rings. The third-order valence-corrected chi connectivity index (χ3v) is 5.99. The van der Waals surface area contributed by atoms with E-state index >= 15 is 0 Å². The summed E-state index contributed by atoms with van der Waals surface area (Å²) in [6.45, 7) is 2.44. The van der Waals surface area contributed by atoms with E-state index in [9.17, 15) is 18.3 Å². The van der Waals surface area contributed by atoms with Crippen molar-refractivity contribution in [3.8, 4) is 11.4 Å². The van der Waals surface area contributed by atoms with Gasteiger partial charge < -0.3 is 25.4 Å². The number of anilines is 3. The quantitative estimate of drug-likeness (QED) is 0.508. The van der Waals surface area contributed by atoms with Gasteiger partial charge in [-0.1, -0.05) is 0 Å². The Bertz CT molecular complexity index is 1170. The Labute approximate surface area is 198 Å². The number of rotatable bonds is 5. The van der Waals surface area contributed by atoms with Crippen LogP contribution in [0, 0.1) is 0 Å². The number of aromatic nitrogens is 6. The lowest BCUT2D eigenvalue weighted by Gasteiger charge is -2.34. The number of ether oxygens (including phenoxy) is 1. The minimum Gasteiger partial charge on any atom is -0.381 e. The van der Waals surface area contributed by atoms with E-state index in [0.29, 0.717) is 63.9 Å². The molecule has 3 N–H and O–H groups in total. The van der Waals surface area contributed by atoms with Crippen molar-refractivity contribution >= 4 is 28.9 Å². The molecule has 5 rings (SSSR count). The Morgan fingerprint density at radius 2 is 1.63 bits per heavy atom. The maximum atomic E-state index is 13.7. The first-order chi connectivity index (χ1) is 16.8. The topological polar surface area (TPSA) is 135 Å². The van der Waals surface area contributed by atoms with Gasteiger partial charge in [0.1, 0.15) is 6.54 Å². The van der Waals surface area contributed by atoms with Gasteiger partial charge in [0.2, 0.25) is 11.9 Å². The summed E-state index contributed by atoms with van der Waals surface area (Å²) in [5.41, 5.74) is 6.38. The van der Waals surface area contributed by atoms with Crippen molar-refractivity contribution in [1.82, 2.24) is 34.4 Å². The summed E-state index contributed by atoms with van der Waals surface area (Å²) in [4.78, 5) is 27.3. The smallest absolute Gasteiger partial charge is 0.381 e. The average Bonchev–Trinajstić information content (AvgIpc) is 3.21. The second kappa shape index (κ2) is 9.39. The summed E-state index contributed by atoms with van der Waals surface area (Å²) < 4.78 is 47.7. The van der Waals surface area contributed by atoms with E-state index in [0.717, 1.165) is 4.57 Å². The van der Waals surface area contributed by atoms with E-state index in [1.807, 2.05) is 9.80 Å². The van der Waals surface area contributed by atoms with Crippen LogP contribution in [0.3, 0.4) is 0 Å². The number of hydrogen-bond acceptors (Lipinski definition) is 11. The van der Waals surface area contributed by atoms with Gasteiger partial charge in [-0.15, -0.1) is 0 Å². The molecule has 2 fully saturated rings. The number of fused-ring (bicyclic) bond motifs is 1. The van der Waals surface area contributed by atoms with Crippen LogP contribution in [0.25, 0.3) is 22.6 Å².